The van der Waals surface area contributed by atoms with Crippen LogP contribution >= 0.6 is 0 Å². The number of amides is 2. The van der Waals surface area contributed by atoms with Gasteiger partial charge >= 0.3 is 0 Å². The molecule has 0 spiro atoms. The number of rotatable bonds is 5. The van der Waals surface area contributed by atoms with Gasteiger partial charge in [0.05, 0.1) is 13.0 Å². The minimum absolute atomic E-state index is 0.0485. The van der Waals surface area contributed by atoms with Crippen molar-refractivity contribution in [2.75, 3.05) is 32.7 Å². The van der Waals surface area contributed by atoms with E-state index in [0.29, 0.717) is 38.4 Å². The van der Waals surface area contributed by atoms with Gasteiger partial charge in [-0.15, -0.1) is 0 Å². The van der Waals surface area contributed by atoms with E-state index in [9.17, 15) is 19.2 Å². The molecule has 2 bridgehead atoms. The van der Waals surface area contributed by atoms with Crippen LogP contribution in [0, 0.1) is 11.8 Å². The van der Waals surface area contributed by atoms with E-state index in [1.165, 1.54) is 0 Å². The van der Waals surface area contributed by atoms with Crippen LogP contribution in [-0.2, 0) is 20.9 Å². The van der Waals surface area contributed by atoms with Crippen LogP contribution in [0.3, 0.4) is 0 Å². The molecule has 2 saturated heterocycles. The molecule has 3 aliphatic heterocycles. The van der Waals surface area contributed by atoms with Crippen molar-refractivity contribution < 1.29 is 14.4 Å². The zero-order chi connectivity index (χ0) is 20.5. The smallest absolute Gasteiger partial charge is 0.250 e. The number of primary amides is 1. The minimum atomic E-state index is -0.312. The van der Waals surface area contributed by atoms with Gasteiger partial charge in [0.15, 0.2) is 5.78 Å². The van der Waals surface area contributed by atoms with Crippen LogP contribution < -0.4 is 11.3 Å². The second kappa shape index (κ2) is 8.10. The van der Waals surface area contributed by atoms with Crippen molar-refractivity contribution >= 4 is 17.6 Å². The van der Waals surface area contributed by atoms with Crippen LogP contribution in [-0.4, -0.2) is 64.7 Å². The van der Waals surface area contributed by atoms with E-state index < -0.39 is 0 Å². The van der Waals surface area contributed by atoms with Crippen molar-refractivity contribution in [3.05, 3.63) is 34.2 Å². The van der Waals surface area contributed by atoms with Gasteiger partial charge in [-0.3, -0.25) is 24.1 Å². The first-order valence-electron chi connectivity index (χ1n) is 10.4. The summed E-state index contributed by atoms with van der Waals surface area (Å²) in [6.45, 7) is 3.46. The number of nitrogens with two attached hydrogens (primary N) is 1. The molecule has 2 fully saturated rings. The number of nitrogens with zero attached hydrogens (tertiary/aromatic N) is 3. The van der Waals surface area contributed by atoms with E-state index in [2.05, 4.69) is 4.90 Å². The van der Waals surface area contributed by atoms with Crippen LogP contribution in [0.25, 0.3) is 0 Å². The standard InChI is InChI=1S/C21H28N4O4/c22-21(29)15-4-6-24(7-5-15)20(28)9-17(26)13-23-10-14-8-16(12-23)18-2-1-3-19(27)25(18)11-14/h1-3,14-16H,4-13H2,(H2,22,29). The fourth-order valence-electron chi connectivity index (χ4n) is 5.12. The van der Waals surface area contributed by atoms with E-state index in [1.807, 2.05) is 10.6 Å². The summed E-state index contributed by atoms with van der Waals surface area (Å²) < 4.78 is 1.87. The third-order valence-electron chi connectivity index (χ3n) is 6.55. The number of carbonyl (C=O) groups is 3. The van der Waals surface area contributed by atoms with Crippen molar-refractivity contribution in [2.45, 2.75) is 38.1 Å². The molecular weight excluding hydrogens is 372 g/mol. The predicted octanol–water partition coefficient (Wildman–Crippen LogP) is -0.0495. The average Bonchev–Trinajstić information content (AvgIpc) is 2.68. The Kier molecular flexibility index (Phi) is 5.54. The highest BCUT2D eigenvalue weighted by Crippen LogP contribution is 2.34. The largest absolute Gasteiger partial charge is 0.369 e. The summed E-state index contributed by atoms with van der Waals surface area (Å²) in [5.41, 5.74) is 6.43. The van der Waals surface area contributed by atoms with Crippen molar-refractivity contribution in [3.63, 3.8) is 0 Å². The maximum Gasteiger partial charge on any atom is 0.250 e. The van der Waals surface area contributed by atoms with E-state index in [4.69, 9.17) is 5.73 Å². The van der Waals surface area contributed by atoms with Gasteiger partial charge in [0.1, 0.15) is 0 Å². The molecule has 2 amide bonds. The van der Waals surface area contributed by atoms with E-state index in [-0.39, 0.29) is 48.0 Å². The first-order valence-corrected chi connectivity index (χ1v) is 10.4. The first-order chi connectivity index (χ1) is 13.9. The van der Waals surface area contributed by atoms with Crippen LogP contribution in [0.4, 0.5) is 0 Å². The number of hydrogen-bond acceptors (Lipinski definition) is 5. The minimum Gasteiger partial charge on any atom is -0.369 e. The first kappa shape index (κ1) is 19.8. The van der Waals surface area contributed by atoms with Crippen molar-refractivity contribution in [1.29, 1.82) is 0 Å². The van der Waals surface area contributed by atoms with Crippen molar-refractivity contribution in [1.82, 2.24) is 14.4 Å². The maximum atomic E-state index is 12.5. The van der Waals surface area contributed by atoms with E-state index >= 15 is 0 Å². The summed E-state index contributed by atoms with van der Waals surface area (Å²) in [6.07, 6.45) is 2.10. The lowest BCUT2D eigenvalue weighted by atomic mass is 9.83. The Labute approximate surface area is 169 Å². The zero-order valence-corrected chi connectivity index (χ0v) is 16.6. The van der Waals surface area contributed by atoms with Gasteiger partial charge in [0.25, 0.3) is 5.56 Å². The molecule has 2 N–H and O–H groups in total. The normalized spacial score (nSPS) is 24.8. The second-order valence-corrected chi connectivity index (χ2v) is 8.67. The van der Waals surface area contributed by atoms with Crippen molar-refractivity contribution in [2.24, 2.45) is 17.6 Å². The number of pyridine rings is 1. The molecule has 0 aliphatic carbocycles. The Balaban J connectivity index is 1.30. The Morgan fingerprint density at radius 3 is 2.55 bits per heavy atom. The number of aromatic nitrogens is 1. The molecule has 0 aromatic carbocycles. The summed E-state index contributed by atoms with van der Waals surface area (Å²) in [6, 6.07) is 5.41. The van der Waals surface area contributed by atoms with Gasteiger partial charge in [-0.2, -0.15) is 0 Å². The molecule has 1 aromatic heterocycles. The average molecular weight is 400 g/mol. The molecule has 4 rings (SSSR count). The van der Waals surface area contributed by atoms with Gasteiger partial charge in [-0.25, -0.2) is 0 Å². The number of fused-ring (bicyclic) bond motifs is 4. The monoisotopic (exact) mass is 400 g/mol. The molecule has 8 nitrogen and oxygen atoms in total. The highest BCUT2D eigenvalue weighted by molar-refractivity contribution is 5.99. The lowest BCUT2D eigenvalue weighted by Crippen LogP contribution is -2.49. The van der Waals surface area contributed by atoms with Gasteiger partial charge in [-0.1, -0.05) is 6.07 Å². The van der Waals surface area contributed by atoms with Gasteiger partial charge in [0.2, 0.25) is 11.8 Å². The Morgan fingerprint density at radius 1 is 1.07 bits per heavy atom. The van der Waals surface area contributed by atoms with Crippen LogP contribution in [0.15, 0.2) is 23.0 Å². The molecule has 2 unspecified atom stereocenters. The molecule has 8 heteroatoms. The predicted molar refractivity (Wildman–Crippen MR) is 106 cm³/mol. The number of ketones is 1. The summed E-state index contributed by atoms with van der Waals surface area (Å²) in [7, 11) is 0. The number of hydrogen-bond donors (Lipinski definition) is 1. The quantitative estimate of drug-likeness (QED) is 0.698. The molecule has 1 aromatic rings. The molecule has 4 heterocycles. The highest BCUT2D eigenvalue weighted by atomic mass is 16.2. The summed E-state index contributed by atoms with van der Waals surface area (Å²) in [4.78, 5) is 52.2. The summed E-state index contributed by atoms with van der Waals surface area (Å²) in [5.74, 6) is -0.0968. The summed E-state index contributed by atoms with van der Waals surface area (Å²) in [5, 5.41) is 0. The van der Waals surface area contributed by atoms with E-state index in [1.54, 1.807) is 17.0 Å². The highest BCUT2D eigenvalue weighted by Gasteiger charge is 2.35. The molecule has 2 atom stereocenters. The second-order valence-electron chi connectivity index (χ2n) is 8.67. The number of Topliss-reactive ketones (excluding diaryl/α,β-unsaturated/α-hetero) is 1. The van der Waals surface area contributed by atoms with Gasteiger partial charge in [0, 0.05) is 56.3 Å². The third-order valence-corrected chi connectivity index (χ3v) is 6.55. The zero-order valence-electron chi connectivity index (χ0n) is 16.6. The van der Waals surface area contributed by atoms with Crippen LogP contribution in [0.5, 0.6) is 0 Å². The molecule has 0 radical (unpaired) electrons. The number of carbonyl (C=O) groups excluding carboxylic acids is 3. The SMILES string of the molecule is NC(=O)C1CCN(C(=O)CC(=O)CN2CC3CC(C2)c2cccc(=O)n2C3)CC1. The topological polar surface area (TPSA) is 106 Å². The summed E-state index contributed by atoms with van der Waals surface area (Å²) >= 11 is 0. The molecule has 29 heavy (non-hydrogen) atoms. The number of likely N-dealkylation sites (tertiary alicyclic amines) is 2. The van der Waals surface area contributed by atoms with Crippen LogP contribution in [0.2, 0.25) is 0 Å². The Morgan fingerprint density at radius 2 is 1.83 bits per heavy atom. The molecular formula is C21H28N4O4. The third kappa shape index (κ3) is 4.27. The Hall–Kier alpha value is -2.48. The lowest BCUT2D eigenvalue weighted by molar-refractivity contribution is -0.138. The Bertz CT molecular complexity index is 872. The lowest BCUT2D eigenvalue weighted by Gasteiger charge is -2.42. The van der Waals surface area contributed by atoms with Gasteiger partial charge < -0.3 is 15.2 Å². The number of piperidine rings is 2. The van der Waals surface area contributed by atoms with Crippen molar-refractivity contribution in [3.8, 4) is 0 Å². The van der Waals surface area contributed by atoms with Crippen LogP contribution in [0.1, 0.15) is 37.3 Å². The maximum absolute atomic E-state index is 12.5. The fourth-order valence-corrected chi connectivity index (χ4v) is 5.12. The molecule has 0 saturated carbocycles. The van der Waals surface area contributed by atoms with E-state index in [0.717, 1.165) is 25.2 Å². The molecule has 156 valence electrons. The molecule has 3 aliphatic rings. The fraction of sp³-hybridized carbons (Fsp3) is 0.619. The van der Waals surface area contributed by atoms with Gasteiger partial charge in [-0.05, 0) is 31.2 Å².